The average molecular weight is 503 g/mol. The molecule has 0 amide bonds. The van der Waals surface area contributed by atoms with Crippen molar-refractivity contribution in [2.75, 3.05) is 7.11 Å². The van der Waals surface area contributed by atoms with E-state index < -0.39 is 5.41 Å². The molecule has 7 heteroatoms. The van der Waals surface area contributed by atoms with Crippen LogP contribution < -0.4 is 0 Å². The fraction of sp³-hybridized carbons (Fsp3) is 0.793. The minimum absolute atomic E-state index is 0.00957. The molecule has 200 valence electrons. The number of methoxy groups -OCH3 is 1. The highest BCUT2D eigenvalue weighted by Crippen LogP contribution is 2.66. The monoisotopic (exact) mass is 502 g/mol. The van der Waals surface area contributed by atoms with Gasteiger partial charge in [0.1, 0.15) is 12.2 Å². The summed E-state index contributed by atoms with van der Waals surface area (Å²) in [5.74, 6) is 0.234. The summed E-state index contributed by atoms with van der Waals surface area (Å²) in [5, 5.41) is 0. The van der Waals surface area contributed by atoms with Gasteiger partial charge in [-0.2, -0.15) is 0 Å². The zero-order chi connectivity index (χ0) is 26.4. The summed E-state index contributed by atoms with van der Waals surface area (Å²) < 4.78 is 16.4. The van der Waals surface area contributed by atoms with Gasteiger partial charge < -0.3 is 14.2 Å². The second-order valence-corrected chi connectivity index (χ2v) is 12.1. The Morgan fingerprint density at radius 3 is 2.36 bits per heavy atom. The standard InChI is InChI=1S/C29H42O7/c1-16(7-10-27(33)34-6)21-8-9-22-20-14-25(36-18(3)31)24-13-19(35-17(2)30)11-12-28(24,4)23(20)15-26(32)29(21,22)5/h15-16,19-22,24-25H,7-14H2,1-6H3/t16-,19+,20+,21-,22+,24-,25+,28-,29-/m1/s1. The number of carbonyl (C=O) groups is 4. The molecule has 36 heavy (non-hydrogen) atoms. The first-order valence-electron chi connectivity index (χ1n) is 13.6. The van der Waals surface area contributed by atoms with Gasteiger partial charge in [0.2, 0.25) is 0 Å². The van der Waals surface area contributed by atoms with Gasteiger partial charge in [-0.1, -0.05) is 26.3 Å². The molecule has 9 atom stereocenters. The van der Waals surface area contributed by atoms with Gasteiger partial charge in [-0.05, 0) is 80.1 Å². The molecule has 0 heterocycles. The van der Waals surface area contributed by atoms with Crippen molar-refractivity contribution in [2.24, 2.45) is 40.4 Å². The lowest BCUT2D eigenvalue weighted by atomic mass is 9.47. The highest BCUT2D eigenvalue weighted by molar-refractivity contribution is 5.97. The first-order valence-corrected chi connectivity index (χ1v) is 13.6. The van der Waals surface area contributed by atoms with Crippen molar-refractivity contribution in [3.8, 4) is 0 Å². The van der Waals surface area contributed by atoms with Crippen LogP contribution in [0.1, 0.15) is 86.0 Å². The van der Waals surface area contributed by atoms with Crippen molar-refractivity contribution in [3.63, 3.8) is 0 Å². The molecule has 3 saturated carbocycles. The molecule has 7 nitrogen and oxygen atoms in total. The van der Waals surface area contributed by atoms with E-state index in [1.165, 1.54) is 26.5 Å². The van der Waals surface area contributed by atoms with E-state index in [1.54, 1.807) is 0 Å². The summed E-state index contributed by atoms with van der Waals surface area (Å²) >= 11 is 0. The third kappa shape index (κ3) is 4.51. The molecule has 4 rings (SSSR count). The van der Waals surface area contributed by atoms with Crippen molar-refractivity contribution < 1.29 is 33.4 Å². The zero-order valence-electron chi connectivity index (χ0n) is 22.6. The van der Waals surface area contributed by atoms with Crippen LogP contribution in [0, 0.1) is 40.4 Å². The first kappa shape index (κ1) is 26.9. The smallest absolute Gasteiger partial charge is 0.305 e. The lowest BCUT2D eigenvalue weighted by Gasteiger charge is -2.58. The van der Waals surface area contributed by atoms with E-state index in [1.807, 2.05) is 6.08 Å². The largest absolute Gasteiger partial charge is 0.469 e. The molecule has 4 aliphatic rings. The number of ether oxygens (including phenoxy) is 3. The Morgan fingerprint density at radius 1 is 1.03 bits per heavy atom. The van der Waals surface area contributed by atoms with E-state index in [0.29, 0.717) is 25.7 Å². The fourth-order valence-electron chi connectivity index (χ4n) is 8.57. The quantitative estimate of drug-likeness (QED) is 0.380. The van der Waals surface area contributed by atoms with Crippen molar-refractivity contribution in [2.45, 2.75) is 98.2 Å². The Kier molecular flexibility index (Phi) is 7.42. The van der Waals surface area contributed by atoms with Gasteiger partial charge in [0.25, 0.3) is 0 Å². The minimum Gasteiger partial charge on any atom is -0.469 e. The van der Waals surface area contributed by atoms with Crippen molar-refractivity contribution in [3.05, 3.63) is 11.6 Å². The number of hydrogen-bond donors (Lipinski definition) is 0. The van der Waals surface area contributed by atoms with Gasteiger partial charge in [-0.3, -0.25) is 19.2 Å². The van der Waals surface area contributed by atoms with Crippen LogP contribution in [0.25, 0.3) is 0 Å². The Hall–Kier alpha value is -2.18. The molecule has 0 radical (unpaired) electrons. The van der Waals surface area contributed by atoms with Gasteiger partial charge >= 0.3 is 17.9 Å². The summed E-state index contributed by atoms with van der Waals surface area (Å²) in [5.41, 5.74) is 0.459. The van der Waals surface area contributed by atoms with E-state index in [0.717, 1.165) is 25.7 Å². The maximum atomic E-state index is 13.9. The molecule has 0 aromatic rings. The fourth-order valence-corrected chi connectivity index (χ4v) is 8.57. The van der Waals surface area contributed by atoms with Gasteiger partial charge in [0.05, 0.1) is 7.11 Å². The molecule has 4 aliphatic carbocycles. The van der Waals surface area contributed by atoms with Gasteiger partial charge in [-0.15, -0.1) is 0 Å². The molecule has 0 unspecified atom stereocenters. The van der Waals surface area contributed by atoms with Crippen LogP contribution >= 0.6 is 0 Å². The summed E-state index contributed by atoms with van der Waals surface area (Å²) in [6.45, 7) is 9.40. The molecule has 0 aromatic carbocycles. The topological polar surface area (TPSA) is 96.0 Å². The van der Waals surface area contributed by atoms with E-state index >= 15 is 0 Å². The molecular formula is C29H42O7. The summed E-state index contributed by atoms with van der Waals surface area (Å²) in [6.07, 6.45) is 7.37. The number of allylic oxidation sites excluding steroid dienone is 2. The van der Waals surface area contributed by atoms with Crippen molar-refractivity contribution in [1.82, 2.24) is 0 Å². The third-order valence-corrected chi connectivity index (χ3v) is 10.3. The Balaban J connectivity index is 1.65. The second-order valence-electron chi connectivity index (χ2n) is 12.1. The van der Waals surface area contributed by atoms with E-state index in [9.17, 15) is 19.2 Å². The third-order valence-electron chi connectivity index (χ3n) is 10.3. The Labute approximate surface area is 214 Å². The zero-order valence-corrected chi connectivity index (χ0v) is 22.6. The second kappa shape index (κ2) is 9.94. The number of ketones is 1. The number of hydrogen-bond acceptors (Lipinski definition) is 7. The normalized spacial score (nSPS) is 40.2. The Bertz CT molecular complexity index is 953. The SMILES string of the molecule is COC(=O)CC[C@@H](C)[C@H]1CC[C@H]2[C@@H]3C[C@H](OC(C)=O)[C@H]4C[C@@H](OC(C)=O)CC[C@]4(C)C3=CC(=O)[C@]12C. The predicted octanol–water partition coefficient (Wildman–Crippen LogP) is 4.81. The molecule has 0 bridgehead atoms. The Morgan fingerprint density at radius 2 is 1.72 bits per heavy atom. The van der Waals surface area contributed by atoms with Crippen LogP contribution in [0.2, 0.25) is 0 Å². The molecular weight excluding hydrogens is 460 g/mol. The molecule has 0 spiro atoms. The summed E-state index contributed by atoms with van der Waals surface area (Å²) in [6, 6.07) is 0. The van der Waals surface area contributed by atoms with Crippen molar-refractivity contribution in [1.29, 1.82) is 0 Å². The highest BCUT2D eigenvalue weighted by Gasteiger charge is 2.63. The van der Waals surface area contributed by atoms with Gasteiger partial charge in [0.15, 0.2) is 5.78 Å². The van der Waals surface area contributed by atoms with Crippen LogP contribution in [0.15, 0.2) is 11.6 Å². The maximum absolute atomic E-state index is 13.9. The molecule has 0 saturated heterocycles. The lowest BCUT2D eigenvalue weighted by molar-refractivity contribution is -0.168. The molecule has 3 fully saturated rings. The average Bonchev–Trinajstić information content (AvgIpc) is 3.17. The van der Waals surface area contributed by atoms with Crippen LogP contribution in [0.4, 0.5) is 0 Å². The van der Waals surface area contributed by atoms with Crippen LogP contribution in [0.5, 0.6) is 0 Å². The molecule has 0 aliphatic heterocycles. The maximum Gasteiger partial charge on any atom is 0.305 e. The van der Waals surface area contributed by atoms with E-state index in [-0.39, 0.29) is 70.9 Å². The van der Waals surface area contributed by atoms with Crippen LogP contribution in [-0.4, -0.2) is 43.0 Å². The van der Waals surface area contributed by atoms with Crippen LogP contribution in [0.3, 0.4) is 0 Å². The summed E-state index contributed by atoms with van der Waals surface area (Å²) in [4.78, 5) is 49.5. The number of fused-ring (bicyclic) bond motifs is 5. The minimum atomic E-state index is -0.484. The lowest BCUT2D eigenvalue weighted by Crippen LogP contribution is -2.56. The van der Waals surface area contributed by atoms with E-state index in [4.69, 9.17) is 14.2 Å². The predicted molar refractivity (Wildman–Crippen MR) is 132 cm³/mol. The summed E-state index contributed by atoms with van der Waals surface area (Å²) in [7, 11) is 1.41. The van der Waals surface area contributed by atoms with Crippen molar-refractivity contribution >= 4 is 23.7 Å². The molecule has 0 aromatic heterocycles. The first-order chi connectivity index (χ1) is 16.9. The number of rotatable bonds is 6. The van der Waals surface area contributed by atoms with Crippen LogP contribution in [-0.2, 0) is 33.4 Å². The molecule has 0 N–H and O–H groups in total. The number of carbonyl (C=O) groups excluding carboxylic acids is 4. The van der Waals surface area contributed by atoms with E-state index in [2.05, 4.69) is 20.8 Å². The van der Waals surface area contributed by atoms with Gasteiger partial charge in [-0.25, -0.2) is 0 Å². The van der Waals surface area contributed by atoms with Gasteiger partial charge in [0, 0.05) is 31.6 Å². The highest BCUT2D eigenvalue weighted by atomic mass is 16.5. The number of esters is 3.